The molecule has 0 aliphatic carbocycles. The smallest absolute Gasteiger partial charge is 0.232 e. The largest absolute Gasteiger partial charge is 0.495 e. The van der Waals surface area contributed by atoms with Gasteiger partial charge in [-0.05, 0) is 36.6 Å². The van der Waals surface area contributed by atoms with E-state index in [1.165, 1.54) is 0 Å². The Hall–Kier alpha value is -3.22. The van der Waals surface area contributed by atoms with Crippen molar-refractivity contribution in [3.63, 3.8) is 0 Å². The number of anilines is 2. The number of nitrogens with zero attached hydrogens (tertiary/aromatic N) is 2. The Kier molecular flexibility index (Phi) is 4.30. The Morgan fingerprint density at radius 3 is 2.90 bits per heavy atom. The van der Waals surface area contributed by atoms with Crippen molar-refractivity contribution in [1.29, 1.82) is 0 Å². The molecule has 29 heavy (non-hydrogen) atoms. The molecule has 7 nitrogen and oxygen atoms in total. The van der Waals surface area contributed by atoms with E-state index in [0.29, 0.717) is 30.3 Å². The molecule has 5 rings (SSSR count). The number of aryl methyl sites for hydroxylation is 1. The van der Waals surface area contributed by atoms with Gasteiger partial charge in [0.05, 0.1) is 18.7 Å². The van der Waals surface area contributed by atoms with Crippen LogP contribution in [-0.4, -0.2) is 38.8 Å². The maximum atomic E-state index is 13.4. The van der Waals surface area contributed by atoms with Crippen LogP contribution >= 0.6 is 0 Å². The number of carbonyl (C=O) groups excluding carboxylic acids is 2. The zero-order valence-electron chi connectivity index (χ0n) is 16.2. The molecular weight excluding hydrogens is 372 g/mol. The second kappa shape index (κ2) is 6.99. The first-order valence-corrected chi connectivity index (χ1v) is 9.83. The van der Waals surface area contributed by atoms with Crippen LogP contribution in [0, 0.1) is 5.92 Å². The van der Waals surface area contributed by atoms with Crippen molar-refractivity contribution in [1.82, 2.24) is 0 Å². The number of benzene rings is 2. The maximum Gasteiger partial charge on any atom is 0.232 e. The summed E-state index contributed by atoms with van der Waals surface area (Å²) in [4.78, 5) is 29.6. The van der Waals surface area contributed by atoms with Gasteiger partial charge in [0.25, 0.3) is 0 Å². The number of fused-ring (bicyclic) bond motifs is 2. The summed E-state index contributed by atoms with van der Waals surface area (Å²) in [5.41, 5.74) is 2.69. The van der Waals surface area contributed by atoms with E-state index < -0.39 is 0 Å². The highest BCUT2D eigenvalue weighted by atomic mass is 16.7. The number of methoxy groups -OCH3 is 1. The zero-order chi connectivity index (χ0) is 20.0. The van der Waals surface area contributed by atoms with Crippen LogP contribution in [0.15, 0.2) is 36.4 Å². The normalized spacial score (nSPS) is 20.0. The number of hydrogen-bond donors (Lipinski definition) is 0. The molecule has 150 valence electrons. The fourth-order valence-corrected chi connectivity index (χ4v) is 4.40. The topological polar surface area (TPSA) is 68.3 Å². The van der Waals surface area contributed by atoms with Crippen LogP contribution in [0.5, 0.6) is 17.2 Å². The molecule has 7 heteroatoms. The fourth-order valence-electron chi connectivity index (χ4n) is 4.40. The van der Waals surface area contributed by atoms with E-state index in [2.05, 4.69) is 0 Å². The molecule has 0 bridgehead atoms. The number of rotatable bonds is 3. The lowest BCUT2D eigenvalue weighted by Crippen LogP contribution is -2.40. The summed E-state index contributed by atoms with van der Waals surface area (Å²) < 4.78 is 16.3. The standard InChI is InChI=1S/C22H22N2O5/c1-27-18-6-2-4-14-5-3-9-23(21(14)18)22(26)15-10-20(25)24(12-15)16-7-8-17-19(11-16)29-13-28-17/h2,4,6-8,11,15H,3,5,9-10,12-13H2,1H3. The van der Waals surface area contributed by atoms with Crippen molar-refractivity contribution in [2.24, 2.45) is 5.92 Å². The Balaban J connectivity index is 1.39. The van der Waals surface area contributed by atoms with Crippen molar-refractivity contribution in [2.75, 3.05) is 36.8 Å². The minimum atomic E-state index is -0.385. The molecule has 2 amide bonds. The summed E-state index contributed by atoms with van der Waals surface area (Å²) in [6.45, 7) is 1.18. The third-order valence-electron chi connectivity index (χ3n) is 5.81. The highest BCUT2D eigenvalue weighted by Crippen LogP contribution is 2.40. The van der Waals surface area contributed by atoms with Crippen LogP contribution in [0.2, 0.25) is 0 Å². The molecule has 2 aromatic carbocycles. The summed E-state index contributed by atoms with van der Waals surface area (Å²) in [7, 11) is 1.62. The average Bonchev–Trinajstić information content (AvgIpc) is 3.38. The average molecular weight is 394 g/mol. The van der Waals surface area contributed by atoms with E-state index in [-0.39, 0.29) is 30.9 Å². The molecular formula is C22H22N2O5. The van der Waals surface area contributed by atoms with Crippen LogP contribution in [0.3, 0.4) is 0 Å². The highest BCUT2D eigenvalue weighted by molar-refractivity contribution is 6.05. The summed E-state index contributed by atoms with van der Waals surface area (Å²) in [5, 5.41) is 0. The predicted molar refractivity (Wildman–Crippen MR) is 107 cm³/mol. The van der Waals surface area contributed by atoms with Crippen molar-refractivity contribution in [3.05, 3.63) is 42.0 Å². The van der Waals surface area contributed by atoms with E-state index in [0.717, 1.165) is 29.8 Å². The SMILES string of the molecule is COc1cccc2c1N(C(=O)C1CC(=O)N(c3ccc4c(c3)OCO4)C1)CCC2. The van der Waals surface area contributed by atoms with E-state index in [9.17, 15) is 9.59 Å². The molecule has 2 aromatic rings. The third kappa shape index (κ3) is 2.97. The van der Waals surface area contributed by atoms with Crippen molar-refractivity contribution in [2.45, 2.75) is 19.3 Å². The summed E-state index contributed by atoms with van der Waals surface area (Å²) in [5.74, 6) is 1.53. The number of para-hydroxylation sites is 1. The molecule has 0 radical (unpaired) electrons. The number of carbonyl (C=O) groups is 2. The maximum absolute atomic E-state index is 13.4. The fraction of sp³-hybridized carbons (Fsp3) is 0.364. The summed E-state index contributed by atoms with van der Waals surface area (Å²) in [6, 6.07) is 11.3. The van der Waals surface area contributed by atoms with Crippen LogP contribution in [0.25, 0.3) is 0 Å². The van der Waals surface area contributed by atoms with Crippen molar-refractivity contribution >= 4 is 23.2 Å². The molecule has 1 atom stereocenters. The van der Waals surface area contributed by atoms with Gasteiger partial charge in [0.2, 0.25) is 18.6 Å². The van der Waals surface area contributed by atoms with Crippen LogP contribution in [-0.2, 0) is 16.0 Å². The number of amides is 2. The van der Waals surface area contributed by atoms with Gasteiger partial charge < -0.3 is 24.0 Å². The van der Waals surface area contributed by atoms with E-state index in [1.54, 1.807) is 29.0 Å². The monoisotopic (exact) mass is 394 g/mol. The molecule has 3 aliphatic heterocycles. The van der Waals surface area contributed by atoms with Gasteiger partial charge in [-0.3, -0.25) is 9.59 Å². The minimum Gasteiger partial charge on any atom is -0.495 e. The lowest BCUT2D eigenvalue weighted by molar-refractivity contribution is -0.124. The van der Waals surface area contributed by atoms with Crippen LogP contribution in [0.4, 0.5) is 11.4 Å². The second-order valence-electron chi connectivity index (χ2n) is 7.50. The van der Waals surface area contributed by atoms with Gasteiger partial charge in [0.1, 0.15) is 5.75 Å². The van der Waals surface area contributed by atoms with Gasteiger partial charge in [0, 0.05) is 31.3 Å². The summed E-state index contributed by atoms with van der Waals surface area (Å²) >= 11 is 0. The van der Waals surface area contributed by atoms with E-state index in [4.69, 9.17) is 14.2 Å². The van der Waals surface area contributed by atoms with Gasteiger partial charge in [-0.25, -0.2) is 0 Å². The molecule has 1 saturated heterocycles. The molecule has 3 heterocycles. The first-order chi connectivity index (χ1) is 14.2. The first-order valence-electron chi connectivity index (χ1n) is 9.83. The quantitative estimate of drug-likeness (QED) is 0.801. The molecule has 0 N–H and O–H groups in total. The predicted octanol–water partition coefficient (Wildman–Crippen LogP) is 2.76. The molecule has 3 aliphatic rings. The van der Waals surface area contributed by atoms with Gasteiger partial charge >= 0.3 is 0 Å². The Morgan fingerprint density at radius 2 is 2.03 bits per heavy atom. The lowest BCUT2D eigenvalue weighted by Gasteiger charge is -2.32. The van der Waals surface area contributed by atoms with Crippen molar-refractivity contribution in [3.8, 4) is 17.2 Å². The second-order valence-corrected chi connectivity index (χ2v) is 7.50. The molecule has 0 saturated carbocycles. The first kappa shape index (κ1) is 17.8. The van der Waals surface area contributed by atoms with Gasteiger partial charge in [-0.15, -0.1) is 0 Å². The summed E-state index contributed by atoms with van der Waals surface area (Å²) in [6.07, 6.45) is 2.02. The number of hydrogen-bond acceptors (Lipinski definition) is 5. The molecule has 1 fully saturated rings. The van der Waals surface area contributed by atoms with E-state index in [1.807, 2.05) is 24.3 Å². The molecule has 1 unspecified atom stereocenters. The molecule has 0 spiro atoms. The van der Waals surface area contributed by atoms with Crippen molar-refractivity contribution < 1.29 is 23.8 Å². The Morgan fingerprint density at radius 1 is 1.17 bits per heavy atom. The van der Waals surface area contributed by atoms with Crippen LogP contribution < -0.4 is 24.0 Å². The Bertz CT molecular complexity index is 975. The lowest BCUT2D eigenvalue weighted by atomic mass is 9.98. The van der Waals surface area contributed by atoms with Gasteiger partial charge in [-0.2, -0.15) is 0 Å². The Labute approximate surface area is 168 Å². The molecule has 0 aromatic heterocycles. The third-order valence-corrected chi connectivity index (χ3v) is 5.81. The minimum absolute atomic E-state index is 0.0213. The van der Waals surface area contributed by atoms with Crippen LogP contribution in [0.1, 0.15) is 18.4 Å². The number of ether oxygens (including phenoxy) is 3. The van der Waals surface area contributed by atoms with E-state index >= 15 is 0 Å². The van der Waals surface area contributed by atoms with Gasteiger partial charge in [-0.1, -0.05) is 12.1 Å². The highest BCUT2D eigenvalue weighted by Gasteiger charge is 2.39. The van der Waals surface area contributed by atoms with Gasteiger partial charge in [0.15, 0.2) is 11.5 Å². The zero-order valence-corrected chi connectivity index (χ0v) is 16.2.